The second kappa shape index (κ2) is 5.31. The summed E-state index contributed by atoms with van der Waals surface area (Å²) in [6.45, 7) is 0.215. The molecule has 110 valence electrons. The van der Waals surface area contributed by atoms with Gasteiger partial charge in [-0.2, -0.15) is 13.2 Å². The number of aryl methyl sites for hydroxylation is 2. The summed E-state index contributed by atoms with van der Waals surface area (Å²) in [7, 11) is 0. The Morgan fingerprint density at radius 2 is 1.57 bits per heavy atom. The number of alkyl halides is 3. The standard InChI is InChI=1S/C16H13F3O2/c17-16(18,19)13-3-1-2-11(8-13)4-5-12-6-7-14-15(9-12)21-10-20-14/h1-3,6-9H,4-5,10H2. The second-order valence-electron chi connectivity index (χ2n) is 4.89. The van der Waals surface area contributed by atoms with E-state index in [4.69, 9.17) is 9.47 Å². The Morgan fingerprint density at radius 3 is 2.33 bits per heavy atom. The minimum atomic E-state index is -4.30. The molecule has 0 aromatic heterocycles. The number of halogens is 3. The summed E-state index contributed by atoms with van der Waals surface area (Å²) in [5, 5.41) is 0. The lowest BCUT2D eigenvalue weighted by atomic mass is 10.0. The van der Waals surface area contributed by atoms with Crippen molar-refractivity contribution in [2.24, 2.45) is 0 Å². The van der Waals surface area contributed by atoms with Crippen molar-refractivity contribution >= 4 is 0 Å². The van der Waals surface area contributed by atoms with E-state index in [0.29, 0.717) is 29.9 Å². The van der Waals surface area contributed by atoms with Crippen molar-refractivity contribution in [3.05, 3.63) is 59.2 Å². The molecule has 1 aliphatic rings. The zero-order valence-electron chi connectivity index (χ0n) is 11.1. The fourth-order valence-corrected chi connectivity index (χ4v) is 2.29. The average Bonchev–Trinajstić information content (AvgIpc) is 2.92. The van der Waals surface area contributed by atoms with E-state index in [1.165, 1.54) is 12.1 Å². The Hall–Kier alpha value is -2.17. The van der Waals surface area contributed by atoms with Crippen LogP contribution in [-0.4, -0.2) is 6.79 Å². The van der Waals surface area contributed by atoms with Gasteiger partial charge in [0, 0.05) is 0 Å². The topological polar surface area (TPSA) is 18.5 Å². The first kappa shape index (κ1) is 13.8. The molecule has 0 fully saturated rings. The van der Waals surface area contributed by atoms with Gasteiger partial charge in [0.15, 0.2) is 11.5 Å². The lowest BCUT2D eigenvalue weighted by Crippen LogP contribution is -2.05. The number of benzene rings is 2. The normalized spacial score (nSPS) is 13.5. The van der Waals surface area contributed by atoms with Gasteiger partial charge < -0.3 is 9.47 Å². The van der Waals surface area contributed by atoms with Gasteiger partial charge in [0.1, 0.15) is 0 Å². The van der Waals surface area contributed by atoms with Crippen LogP contribution in [0.5, 0.6) is 11.5 Å². The van der Waals surface area contributed by atoms with Gasteiger partial charge in [-0.3, -0.25) is 0 Å². The van der Waals surface area contributed by atoms with Crippen LogP contribution in [0.15, 0.2) is 42.5 Å². The molecule has 3 rings (SSSR count). The van der Waals surface area contributed by atoms with Gasteiger partial charge >= 0.3 is 6.18 Å². The molecule has 0 amide bonds. The van der Waals surface area contributed by atoms with Gasteiger partial charge in [0.2, 0.25) is 6.79 Å². The predicted octanol–water partition coefficient (Wildman–Crippen LogP) is 4.22. The summed E-state index contributed by atoms with van der Waals surface area (Å²) >= 11 is 0. The molecule has 0 saturated heterocycles. The number of rotatable bonds is 3. The molecule has 21 heavy (non-hydrogen) atoms. The van der Waals surface area contributed by atoms with Crippen molar-refractivity contribution in [2.75, 3.05) is 6.79 Å². The van der Waals surface area contributed by atoms with Crippen LogP contribution in [0.2, 0.25) is 0 Å². The molecule has 0 atom stereocenters. The van der Waals surface area contributed by atoms with E-state index >= 15 is 0 Å². The molecule has 0 bridgehead atoms. The Morgan fingerprint density at radius 1 is 0.857 bits per heavy atom. The number of fused-ring (bicyclic) bond motifs is 1. The first-order valence-corrected chi connectivity index (χ1v) is 6.57. The van der Waals surface area contributed by atoms with Crippen LogP contribution in [0, 0.1) is 0 Å². The fraction of sp³-hybridized carbons (Fsp3) is 0.250. The summed E-state index contributed by atoms with van der Waals surface area (Å²) in [5.41, 5.74) is 1.07. The van der Waals surface area contributed by atoms with E-state index in [0.717, 1.165) is 11.6 Å². The van der Waals surface area contributed by atoms with E-state index < -0.39 is 11.7 Å². The highest BCUT2D eigenvalue weighted by atomic mass is 19.4. The van der Waals surface area contributed by atoms with Crippen LogP contribution in [0.3, 0.4) is 0 Å². The molecule has 0 radical (unpaired) electrons. The van der Waals surface area contributed by atoms with Crippen LogP contribution in [-0.2, 0) is 19.0 Å². The van der Waals surface area contributed by atoms with E-state index in [-0.39, 0.29) is 6.79 Å². The van der Waals surface area contributed by atoms with Crippen molar-refractivity contribution in [1.82, 2.24) is 0 Å². The maximum Gasteiger partial charge on any atom is 0.416 e. The van der Waals surface area contributed by atoms with E-state index in [9.17, 15) is 13.2 Å². The highest BCUT2D eigenvalue weighted by Crippen LogP contribution is 2.33. The molecule has 0 unspecified atom stereocenters. The molecular weight excluding hydrogens is 281 g/mol. The summed E-state index contributed by atoms with van der Waals surface area (Å²) in [4.78, 5) is 0. The highest BCUT2D eigenvalue weighted by Gasteiger charge is 2.30. The SMILES string of the molecule is FC(F)(F)c1cccc(CCc2ccc3c(c2)OCO3)c1. The van der Waals surface area contributed by atoms with E-state index in [1.54, 1.807) is 6.07 Å². The molecule has 5 heteroatoms. The third-order valence-electron chi connectivity index (χ3n) is 3.39. The number of hydrogen-bond acceptors (Lipinski definition) is 2. The highest BCUT2D eigenvalue weighted by molar-refractivity contribution is 5.44. The van der Waals surface area contributed by atoms with Gasteiger partial charge in [-0.1, -0.05) is 24.3 Å². The van der Waals surface area contributed by atoms with E-state index in [1.807, 2.05) is 18.2 Å². The third kappa shape index (κ3) is 3.12. The van der Waals surface area contributed by atoms with Gasteiger partial charge in [0.25, 0.3) is 0 Å². The molecule has 2 aromatic rings. The summed E-state index contributed by atoms with van der Waals surface area (Å²) in [6, 6.07) is 11.0. The Balaban J connectivity index is 1.70. The molecule has 2 aromatic carbocycles. The second-order valence-corrected chi connectivity index (χ2v) is 4.89. The molecule has 2 nitrogen and oxygen atoms in total. The molecule has 0 aliphatic carbocycles. The molecule has 0 N–H and O–H groups in total. The largest absolute Gasteiger partial charge is 0.454 e. The van der Waals surface area contributed by atoms with Crippen molar-refractivity contribution in [3.63, 3.8) is 0 Å². The van der Waals surface area contributed by atoms with Gasteiger partial charge in [-0.05, 0) is 42.2 Å². The Labute approximate surface area is 120 Å². The lowest BCUT2D eigenvalue weighted by molar-refractivity contribution is -0.137. The monoisotopic (exact) mass is 294 g/mol. The molecule has 0 spiro atoms. The van der Waals surface area contributed by atoms with Crippen molar-refractivity contribution in [2.45, 2.75) is 19.0 Å². The third-order valence-corrected chi connectivity index (χ3v) is 3.39. The maximum absolute atomic E-state index is 12.7. The lowest BCUT2D eigenvalue weighted by Gasteiger charge is -2.09. The first-order valence-electron chi connectivity index (χ1n) is 6.57. The van der Waals surface area contributed by atoms with E-state index in [2.05, 4.69) is 0 Å². The van der Waals surface area contributed by atoms with Crippen molar-refractivity contribution in [3.8, 4) is 11.5 Å². The van der Waals surface area contributed by atoms with Crippen molar-refractivity contribution in [1.29, 1.82) is 0 Å². The molecule has 1 aliphatic heterocycles. The predicted molar refractivity (Wildman–Crippen MR) is 71.4 cm³/mol. The fourth-order valence-electron chi connectivity index (χ4n) is 2.29. The minimum Gasteiger partial charge on any atom is -0.454 e. The minimum absolute atomic E-state index is 0.215. The molecule has 0 saturated carbocycles. The number of hydrogen-bond donors (Lipinski definition) is 0. The van der Waals surface area contributed by atoms with Crippen LogP contribution >= 0.6 is 0 Å². The average molecular weight is 294 g/mol. The first-order chi connectivity index (χ1) is 10.0. The van der Waals surface area contributed by atoms with Crippen LogP contribution < -0.4 is 9.47 Å². The summed E-state index contributed by atoms with van der Waals surface area (Å²) in [5.74, 6) is 1.40. The van der Waals surface area contributed by atoms with Crippen LogP contribution in [0.4, 0.5) is 13.2 Å². The summed E-state index contributed by atoms with van der Waals surface area (Å²) < 4.78 is 48.5. The quantitative estimate of drug-likeness (QED) is 0.844. The molecule has 1 heterocycles. The Bertz CT molecular complexity index is 650. The zero-order valence-corrected chi connectivity index (χ0v) is 11.1. The van der Waals surface area contributed by atoms with Gasteiger partial charge in [-0.15, -0.1) is 0 Å². The number of ether oxygens (including phenoxy) is 2. The van der Waals surface area contributed by atoms with Crippen LogP contribution in [0.25, 0.3) is 0 Å². The van der Waals surface area contributed by atoms with Crippen LogP contribution in [0.1, 0.15) is 16.7 Å². The van der Waals surface area contributed by atoms with Gasteiger partial charge in [0.05, 0.1) is 5.56 Å². The maximum atomic E-state index is 12.7. The molecular formula is C16H13F3O2. The zero-order chi connectivity index (χ0) is 14.9. The Kier molecular flexibility index (Phi) is 3.49. The summed E-state index contributed by atoms with van der Waals surface area (Å²) in [6.07, 6.45) is -3.10. The van der Waals surface area contributed by atoms with Crippen molar-refractivity contribution < 1.29 is 22.6 Å². The smallest absolute Gasteiger partial charge is 0.416 e. The van der Waals surface area contributed by atoms with Gasteiger partial charge in [-0.25, -0.2) is 0 Å².